The summed E-state index contributed by atoms with van der Waals surface area (Å²) in [6.45, 7) is 2.69. The van der Waals surface area contributed by atoms with Gasteiger partial charge in [0.25, 0.3) is 5.91 Å². The summed E-state index contributed by atoms with van der Waals surface area (Å²) in [6.07, 6.45) is 5.83. The number of ether oxygens (including phenoxy) is 1. The Bertz CT molecular complexity index is 1360. The number of rotatable bonds is 8. The number of nitrogens with zero attached hydrogens (tertiary/aromatic N) is 2. The lowest BCUT2D eigenvalue weighted by atomic mass is 10.1. The summed E-state index contributed by atoms with van der Waals surface area (Å²) < 4.78 is 7.87. The molecule has 1 aliphatic carbocycles. The van der Waals surface area contributed by atoms with E-state index in [0.717, 1.165) is 41.0 Å². The van der Waals surface area contributed by atoms with Crippen LogP contribution in [0.5, 0.6) is 5.75 Å². The molecular formula is C27H26N4O3. The molecular weight excluding hydrogens is 428 g/mol. The van der Waals surface area contributed by atoms with Gasteiger partial charge in [0.05, 0.1) is 5.69 Å². The molecule has 34 heavy (non-hydrogen) atoms. The minimum atomic E-state index is -0.193. The van der Waals surface area contributed by atoms with E-state index in [2.05, 4.69) is 15.6 Å². The first kappa shape index (κ1) is 21.7. The third kappa shape index (κ3) is 5.09. The Morgan fingerprint density at radius 3 is 2.76 bits per heavy atom. The van der Waals surface area contributed by atoms with E-state index >= 15 is 0 Å². The average Bonchev–Trinajstić information content (AvgIpc) is 3.61. The molecule has 1 aliphatic rings. The minimum Gasteiger partial charge on any atom is -0.487 e. The fraction of sp³-hybridized carbons (Fsp3) is 0.222. The quantitative estimate of drug-likeness (QED) is 0.411. The molecule has 1 saturated carbocycles. The summed E-state index contributed by atoms with van der Waals surface area (Å²) in [4.78, 5) is 29.3. The molecule has 4 aromatic rings. The molecule has 7 heteroatoms. The zero-order chi connectivity index (χ0) is 23.5. The van der Waals surface area contributed by atoms with E-state index in [1.54, 1.807) is 18.2 Å². The predicted molar refractivity (Wildman–Crippen MR) is 130 cm³/mol. The Morgan fingerprint density at radius 2 is 1.94 bits per heavy atom. The molecule has 0 bridgehead atoms. The van der Waals surface area contributed by atoms with Gasteiger partial charge in [-0.15, -0.1) is 0 Å². The number of fused-ring (bicyclic) bond motifs is 1. The van der Waals surface area contributed by atoms with E-state index in [4.69, 9.17) is 4.74 Å². The molecule has 0 atom stereocenters. The van der Waals surface area contributed by atoms with Crippen LogP contribution in [0.3, 0.4) is 0 Å². The Kier molecular flexibility index (Phi) is 5.99. The number of benzene rings is 2. The maximum atomic E-state index is 12.7. The second-order valence-electron chi connectivity index (χ2n) is 8.62. The van der Waals surface area contributed by atoms with Crippen LogP contribution in [0.4, 0.5) is 5.69 Å². The first-order valence-corrected chi connectivity index (χ1v) is 11.4. The van der Waals surface area contributed by atoms with Crippen LogP contribution in [0, 0.1) is 12.8 Å². The summed E-state index contributed by atoms with van der Waals surface area (Å²) in [6, 6.07) is 18.6. The van der Waals surface area contributed by atoms with Crippen molar-refractivity contribution in [2.24, 2.45) is 5.92 Å². The van der Waals surface area contributed by atoms with Crippen LogP contribution < -0.4 is 15.4 Å². The van der Waals surface area contributed by atoms with E-state index in [1.165, 1.54) is 0 Å². The van der Waals surface area contributed by atoms with Crippen LogP contribution in [-0.4, -0.2) is 21.2 Å². The monoisotopic (exact) mass is 454 g/mol. The number of imidazole rings is 1. The second-order valence-corrected chi connectivity index (χ2v) is 8.62. The molecule has 2 amide bonds. The van der Waals surface area contributed by atoms with Crippen LogP contribution in [0.25, 0.3) is 5.65 Å². The third-order valence-corrected chi connectivity index (χ3v) is 5.81. The predicted octanol–water partition coefficient (Wildman–Crippen LogP) is 4.50. The van der Waals surface area contributed by atoms with Crippen molar-refractivity contribution >= 4 is 23.1 Å². The van der Waals surface area contributed by atoms with Gasteiger partial charge in [0.1, 0.15) is 18.0 Å². The Hall–Kier alpha value is -4.13. The number of amides is 2. The highest BCUT2D eigenvalue weighted by Crippen LogP contribution is 2.30. The Labute approximate surface area is 197 Å². The highest BCUT2D eigenvalue weighted by Gasteiger charge is 2.29. The Balaban J connectivity index is 1.18. The van der Waals surface area contributed by atoms with E-state index in [1.807, 2.05) is 66.2 Å². The molecule has 2 N–H and O–H groups in total. The molecule has 0 aliphatic heterocycles. The lowest BCUT2D eigenvalue weighted by Crippen LogP contribution is -2.23. The fourth-order valence-electron chi connectivity index (χ4n) is 3.79. The van der Waals surface area contributed by atoms with E-state index in [-0.39, 0.29) is 17.7 Å². The van der Waals surface area contributed by atoms with Gasteiger partial charge in [-0.1, -0.05) is 24.3 Å². The molecule has 0 saturated heterocycles. The van der Waals surface area contributed by atoms with Gasteiger partial charge in [0.15, 0.2) is 0 Å². The van der Waals surface area contributed by atoms with Gasteiger partial charge < -0.3 is 19.8 Å². The third-order valence-electron chi connectivity index (χ3n) is 5.81. The number of carbonyl (C=O) groups is 2. The van der Waals surface area contributed by atoms with Gasteiger partial charge in [0.2, 0.25) is 5.91 Å². The zero-order valence-electron chi connectivity index (χ0n) is 19.0. The number of aryl methyl sites for hydroxylation is 1. The first-order chi connectivity index (χ1) is 16.5. The number of hydrogen-bond donors (Lipinski definition) is 2. The largest absolute Gasteiger partial charge is 0.487 e. The van der Waals surface area contributed by atoms with Crippen molar-refractivity contribution in [2.75, 3.05) is 5.32 Å². The van der Waals surface area contributed by atoms with Crippen molar-refractivity contribution in [3.05, 3.63) is 95.4 Å². The number of nitrogens with one attached hydrogen (secondary N) is 2. The lowest BCUT2D eigenvalue weighted by molar-refractivity contribution is -0.117. The highest BCUT2D eigenvalue weighted by atomic mass is 16.5. The topological polar surface area (TPSA) is 84.7 Å². The number of anilines is 1. The van der Waals surface area contributed by atoms with Gasteiger partial charge in [0, 0.05) is 36.1 Å². The minimum absolute atomic E-state index is 0.0665. The fourth-order valence-corrected chi connectivity index (χ4v) is 3.79. The molecule has 1 fully saturated rings. The molecule has 0 unspecified atom stereocenters. The van der Waals surface area contributed by atoms with Crippen molar-refractivity contribution in [1.82, 2.24) is 14.7 Å². The van der Waals surface area contributed by atoms with Crippen LogP contribution in [0.2, 0.25) is 0 Å². The summed E-state index contributed by atoms with van der Waals surface area (Å²) in [5, 5.41) is 5.87. The van der Waals surface area contributed by atoms with Gasteiger partial charge in [-0.2, -0.15) is 0 Å². The molecule has 7 nitrogen and oxygen atoms in total. The maximum absolute atomic E-state index is 12.7. The molecule has 2 heterocycles. The van der Waals surface area contributed by atoms with Crippen LogP contribution >= 0.6 is 0 Å². The first-order valence-electron chi connectivity index (χ1n) is 11.4. The highest BCUT2D eigenvalue weighted by molar-refractivity contribution is 5.95. The molecule has 0 spiro atoms. The summed E-state index contributed by atoms with van der Waals surface area (Å²) in [7, 11) is 0. The number of pyridine rings is 1. The number of aromatic nitrogens is 2. The molecule has 5 rings (SSSR count). The van der Waals surface area contributed by atoms with Crippen LogP contribution in [-0.2, 0) is 17.9 Å². The number of hydrogen-bond acceptors (Lipinski definition) is 4. The smallest absolute Gasteiger partial charge is 0.251 e. The van der Waals surface area contributed by atoms with Crippen molar-refractivity contribution in [3.8, 4) is 5.75 Å². The van der Waals surface area contributed by atoms with Crippen LogP contribution in [0.1, 0.15) is 40.0 Å². The number of carbonyl (C=O) groups excluding carboxylic acids is 2. The second kappa shape index (κ2) is 9.39. The van der Waals surface area contributed by atoms with Gasteiger partial charge >= 0.3 is 0 Å². The van der Waals surface area contributed by atoms with Crippen molar-refractivity contribution in [2.45, 2.75) is 32.9 Å². The zero-order valence-corrected chi connectivity index (χ0v) is 19.0. The average molecular weight is 455 g/mol. The van der Waals surface area contributed by atoms with Gasteiger partial charge in [-0.3, -0.25) is 9.59 Å². The summed E-state index contributed by atoms with van der Waals surface area (Å²) in [5.74, 6) is 0.624. The molecule has 0 radical (unpaired) electrons. The molecule has 172 valence electrons. The van der Waals surface area contributed by atoms with Gasteiger partial charge in [-0.25, -0.2) is 4.98 Å². The standard InChI is InChI=1S/C27H26N4O3/c1-18-5-4-12-31-16-23(29-25(18)31)17-34-24-9-3-7-21(14-24)26(32)28-15-19-6-2-8-22(13-19)30-27(33)20-10-11-20/h2-9,12-14,16,20H,10-11,15,17H2,1H3,(H,28,32)(H,30,33). The molecule has 2 aromatic carbocycles. The van der Waals surface area contributed by atoms with Gasteiger partial charge in [-0.05, 0) is 67.3 Å². The van der Waals surface area contributed by atoms with E-state index in [9.17, 15) is 9.59 Å². The van der Waals surface area contributed by atoms with Crippen molar-refractivity contribution in [1.29, 1.82) is 0 Å². The summed E-state index contributed by atoms with van der Waals surface area (Å²) >= 11 is 0. The van der Waals surface area contributed by atoms with Crippen LogP contribution in [0.15, 0.2) is 73.1 Å². The van der Waals surface area contributed by atoms with Crippen molar-refractivity contribution in [3.63, 3.8) is 0 Å². The molecule has 2 aromatic heterocycles. The SMILES string of the molecule is Cc1cccn2cc(COc3cccc(C(=O)NCc4cccc(NC(=O)C5CC5)c4)c3)nc12. The van der Waals surface area contributed by atoms with E-state index < -0.39 is 0 Å². The van der Waals surface area contributed by atoms with Crippen molar-refractivity contribution < 1.29 is 14.3 Å². The maximum Gasteiger partial charge on any atom is 0.251 e. The summed E-state index contributed by atoms with van der Waals surface area (Å²) in [5.41, 5.74) is 5.01. The lowest BCUT2D eigenvalue weighted by Gasteiger charge is -2.10. The normalized spacial score (nSPS) is 13.0. The Morgan fingerprint density at radius 1 is 1.09 bits per heavy atom. The van der Waals surface area contributed by atoms with E-state index in [0.29, 0.717) is 24.5 Å².